The smallest absolute Gasteiger partial charge is 0.192 e. The minimum atomic E-state index is -1.74. The summed E-state index contributed by atoms with van der Waals surface area (Å²) >= 11 is 0. The van der Waals surface area contributed by atoms with E-state index in [1.807, 2.05) is 0 Å². The molecule has 0 bridgehead atoms. The van der Waals surface area contributed by atoms with Gasteiger partial charge in [-0.1, -0.05) is 61.8 Å². The molecule has 0 radical (unpaired) electrons. The third kappa shape index (κ3) is 6.93. The molecule has 4 heteroatoms. The number of hydrogen-bond acceptors (Lipinski definition) is 2. The SMILES string of the molecule is CCCC(O[Si](C)(C)C(C)(C)C)C(CC)CO[Si](C)(C)C(C)(C)C. The zero-order valence-electron chi connectivity index (χ0n) is 18.8. The van der Waals surface area contributed by atoms with Crippen molar-refractivity contribution in [1.29, 1.82) is 0 Å². The third-order valence-electron chi connectivity index (χ3n) is 6.34. The summed E-state index contributed by atoms with van der Waals surface area (Å²) in [4.78, 5) is 0. The lowest BCUT2D eigenvalue weighted by Crippen LogP contribution is -2.48. The molecule has 0 aliphatic heterocycles. The quantitative estimate of drug-likeness (QED) is 0.396. The normalized spacial score (nSPS) is 17.0. The topological polar surface area (TPSA) is 18.5 Å². The van der Waals surface area contributed by atoms with Gasteiger partial charge in [0.1, 0.15) is 0 Å². The molecular weight excluding hydrogens is 328 g/mol. The first-order valence-electron chi connectivity index (χ1n) is 9.90. The van der Waals surface area contributed by atoms with Gasteiger partial charge in [0.15, 0.2) is 16.6 Å². The summed E-state index contributed by atoms with van der Waals surface area (Å²) in [7, 11) is -3.43. The highest BCUT2D eigenvalue weighted by molar-refractivity contribution is 6.74. The molecule has 0 aromatic rings. The van der Waals surface area contributed by atoms with Gasteiger partial charge in [-0.25, -0.2) is 0 Å². The summed E-state index contributed by atoms with van der Waals surface area (Å²) in [6.45, 7) is 28.8. The largest absolute Gasteiger partial charge is 0.416 e. The molecule has 146 valence electrons. The molecule has 0 aromatic heterocycles. The van der Waals surface area contributed by atoms with Gasteiger partial charge in [-0.15, -0.1) is 0 Å². The first-order chi connectivity index (χ1) is 10.6. The Morgan fingerprint density at radius 3 is 1.58 bits per heavy atom. The molecule has 2 atom stereocenters. The Hall–Kier alpha value is 0.354. The Morgan fingerprint density at radius 1 is 0.792 bits per heavy atom. The van der Waals surface area contributed by atoms with Crippen LogP contribution in [0.25, 0.3) is 0 Å². The lowest BCUT2D eigenvalue weighted by molar-refractivity contribution is 0.0694. The maximum Gasteiger partial charge on any atom is 0.192 e. The van der Waals surface area contributed by atoms with Crippen molar-refractivity contribution >= 4 is 16.6 Å². The minimum absolute atomic E-state index is 0.261. The van der Waals surface area contributed by atoms with E-state index in [-0.39, 0.29) is 10.1 Å². The minimum Gasteiger partial charge on any atom is -0.416 e. The summed E-state index contributed by atoms with van der Waals surface area (Å²) in [5.41, 5.74) is 0. The molecule has 2 unspecified atom stereocenters. The first kappa shape index (κ1) is 24.4. The van der Waals surface area contributed by atoms with Crippen LogP contribution in [0.15, 0.2) is 0 Å². The lowest BCUT2D eigenvalue weighted by atomic mass is 9.97. The van der Waals surface area contributed by atoms with Crippen LogP contribution in [0.3, 0.4) is 0 Å². The second kappa shape index (κ2) is 8.83. The average molecular weight is 375 g/mol. The Balaban J connectivity index is 5.13. The van der Waals surface area contributed by atoms with Crippen LogP contribution in [0.2, 0.25) is 36.3 Å². The van der Waals surface area contributed by atoms with Gasteiger partial charge in [0.2, 0.25) is 0 Å². The van der Waals surface area contributed by atoms with Crippen molar-refractivity contribution in [2.24, 2.45) is 5.92 Å². The van der Waals surface area contributed by atoms with Gasteiger partial charge in [-0.05, 0) is 49.1 Å². The second-order valence-electron chi connectivity index (χ2n) is 10.4. The monoisotopic (exact) mass is 374 g/mol. The summed E-state index contributed by atoms with van der Waals surface area (Å²) in [6, 6.07) is 0. The summed E-state index contributed by atoms with van der Waals surface area (Å²) in [5, 5.41) is 0.531. The molecule has 0 rings (SSSR count). The Labute approximate surface area is 155 Å². The van der Waals surface area contributed by atoms with Crippen LogP contribution in [0.1, 0.15) is 74.7 Å². The van der Waals surface area contributed by atoms with Crippen LogP contribution >= 0.6 is 0 Å². The summed E-state index contributed by atoms with van der Waals surface area (Å²) < 4.78 is 13.4. The van der Waals surface area contributed by atoms with E-state index >= 15 is 0 Å². The van der Waals surface area contributed by atoms with E-state index in [0.29, 0.717) is 12.0 Å². The average Bonchev–Trinajstić information content (AvgIpc) is 2.36. The van der Waals surface area contributed by atoms with E-state index in [4.69, 9.17) is 8.85 Å². The van der Waals surface area contributed by atoms with Crippen molar-refractivity contribution in [1.82, 2.24) is 0 Å². The molecule has 0 N–H and O–H groups in total. The Bertz CT molecular complexity index is 365. The van der Waals surface area contributed by atoms with Gasteiger partial charge in [0, 0.05) is 18.6 Å². The lowest BCUT2D eigenvalue weighted by Gasteiger charge is -2.43. The van der Waals surface area contributed by atoms with Crippen LogP contribution in [0, 0.1) is 5.92 Å². The Morgan fingerprint density at radius 2 is 1.25 bits per heavy atom. The summed E-state index contributed by atoms with van der Waals surface area (Å²) in [6.07, 6.45) is 3.79. The molecule has 0 heterocycles. The fourth-order valence-electron chi connectivity index (χ4n) is 2.25. The van der Waals surface area contributed by atoms with Crippen molar-refractivity contribution in [3.63, 3.8) is 0 Å². The number of rotatable bonds is 9. The maximum atomic E-state index is 6.82. The van der Waals surface area contributed by atoms with Gasteiger partial charge in [0.05, 0.1) is 0 Å². The molecular formula is C20H46O2Si2. The van der Waals surface area contributed by atoms with E-state index in [9.17, 15) is 0 Å². The molecule has 0 saturated heterocycles. The highest BCUT2D eigenvalue weighted by atomic mass is 28.4. The highest BCUT2D eigenvalue weighted by Crippen LogP contribution is 2.40. The highest BCUT2D eigenvalue weighted by Gasteiger charge is 2.41. The van der Waals surface area contributed by atoms with Gasteiger partial charge in [-0.3, -0.25) is 0 Å². The second-order valence-corrected chi connectivity index (χ2v) is 20.0. The molecule has 0 aliphatic rings. The van der Waals surface area contributed by atoms with Gasteiger partial charge in [0.25, 0.3) is 0 Å². The standard InChI is InChI=1S/C20H46O2Si2/c1-13-15-18(22-24(11,12)20(6,7)8)17(14-2)16-21-23(9,10)19(3,4)5/h17-18H,13-16H2,1-12H3. The first-order valence-corrected chi connectivity index (χ1v) is 15.7. The van der Waals surface area contributed by atoms with Crippen molar-refractivity contribution in [2.45, 2.75) is 117 Å². The van der Waals surface area contributed by atoms with E-state index in [0.717, 1.165) is 19.4 Å². The molecule has 0 saturated carbocycles. The zero-order chi connectivity index (χ0) is 19.4. The van der Waals surface area contributed by atoms with Crippen molar-refractivity contribution in [2.75, 3.05) is 6.61 Å². The van der Waals surface area contributed by atoms with Crippen molar-refractivity contribution in [3.8, 4) is 0 Å². The van der Waals surface area contributed by atoms with Crippen LogP contribution < -0.4 is 0 Å². The van der Waals surface area contributed by atoms with Crippen molar-refractivity contribution in [3.05, 3.63) is 0 Å². The molecule has 24 heavy (non-hydrogen) atoms. The van der Waals surface area contributed by atoms with Gasteiger partial charge in [-0.2, -0.15) is 0 Å². The molecule has 0 aromatic carbocycles. The maximum absolute atomic E-state index is 6.82. The molecule has 2 nitrogen and oxygen atoms in total. The van der Waals surface area contributed by atoms with Crippen LogP contribution in [0.5, 0.6) is 0 Å². The molecule has 0 spiro atoms. The van der Waals surface area contributed by atoms with E-state index in [2.05, 4.69) is 81.6 Å². The predicted octanol–water partition coefficient (Wildman–Crippen LogP) is 7.22. The molecule has 0 fully saturated rings. The van der Waals surface area contributed by atoms with Crippen LogP contribution in [-0.2, 0) is 8.85 Å². The van der Waals surface area contributed by atoms with Crippen molar-refractivity contribution < 1.29 is 8.85 Å². The van der Waals surface area contributed by atoms with Gasteiger partial charge >= 0.3 is 0 Å². The zero-order valence-corrected chi connectivity index (χ0v) is 20.8. The van der Waals surface area contributed by atoms with E-state index in [1.54, 1.807) is 0 Å². The van der Waals surface area contributed by atoms with Gasteiger partial charge < -0.3 is 8.85 Å². The van der Waals surface area contributed by atoms with Crippen LogP contribution in [-0.4, -0.2) is 29.3 Å². The predicted molar refractivity (Wildman–Crippen MR) is 114 cm³/mol. The van der Waals surface area contributed by atoms with E-state index in [1.165, 1.54) is 6.42 Å². The Kier molecular flexibility index (Phi) is 8.96. The molecule has 0 aliphatic carbocycles. The molecule has 0 amide bonds. The number of hydrogen-bond donors (Lipinski definition) is 0. The van der Waals surface area contributed by atoms with Crippen LogP contribution in [0.4, 0.5) is 0 Å². The van der Waals surface area contributed by atoms with E-state index < -0.39 is 16.6 Å². The summed E-state index contributed by atoms with van der Waals surface area (Å²) in [5.74, 6) is 0.508. The fraction of sp³-hybridized carbons (Fsp3) is 1.00. The third-order valence-corrected chi connectivity index (χ3v) is 15.3. The fourth-order valence-corrected chi connectivity index (χ4v) is 4.74.